The second kappa shape index (κ2) is 14.2. The van der Waals surface area contributed by atoms with Crippen molar-refractivity contribution in [3.63, 3.8) is 0 Å². The second-order valence-electron chi connectivity index (χ2n) is 18.3. The Balaban J connectivity index is 0.824. The molecular weight excluding hydrogens is 832 g/mol. The van der Waals surface area contributed by atoms with Gasteiger partial charge in [0.25, 0.3) is 13.4 Å². The van der Waals surface area contributed by atoms with Crippen LogP contribution in [0.25, 0.3) is 66.3 Å². The molecule has 0 unspecified atom stereocenters. The van der Waals surface area contributed by atoms with Gasteiger partial charge in [0.15, 0.2) is 0 Å². The smallest absolute Gasteiger partial charge is 0.260 e. The first-order chi connectivity index (χ1) is 33.6. The molecule has 1 aromatic heterocycles. The Bertz CT molecular complexity index is 3590. The van der Waals surface area contributed by atoms with Crippen LogP contribution in [0.1, 0.15) is 0 Å². The molecule has 68 heavy (non-hydrogen) atoms. The van der Waals surface area contributed by atoms with Gasteiger partial charge in [0.2, 0.25) is 0 Å². The fraction of sp³-hybridized carbons (Fsp3) is 0.0164. The zero-order valence-electron chi connectivity index (χ0n) is 36.9. The molecular formula is C61H37B2NO4. The zero-order valence-corrected chi connectivity index (χ0v) is 36.9. The first kappa shape index (κ1) is 37.5. The summed E-state index contributed by atoms with van der Waals surface area (Å²) in [5, 5.41) is 2.43. The van der Waals surface area contributed by atoms with E-state index in [1.54, 1.807) is 0 Å². The van der Waals surface area contributed by atoms with Crippen LogP contribution in [0.2, 0.25) is 0 Å². The minimum absolute atomic E-state index is 0.0391. The minimum atomic E-state index is 0.0391. The Hall–Kier alpha value is -8.67. The quantitative estimate of drug-likeness (QED) is 0.165. The molecule has 15 rings (SSSR count). The molecule has 4 aliphatic heterocycles. The molecule has 0 atom stereocenters. The summed E-state index contributed by atoms with van der Waals surface area (Å²) in [5.74, 6) is 6.88. The maximum atomic E-state index is 6.67. The Morgan fingerprint density at radius 3 is 0.985 bits per heavy atom. The predicted octanol–water partition coefficient (Wildman–Crippen LogP) is 11.5. The van der Waals surface area contributed by atoms with Gasteiger partial charge < -0.3 is 23.5 Å². The van der Waals surface area contributed by atoms with Gasteiger partial charge in [0, 0.05) is 39.9 Å². The third-order valence-electron chi connectivity index (χ3n) is 14.6. The fourth-order valence-electron chi connectivity index (χ4n) is 11.7. The van der Waals surface area contributed by atoms with E-state index in [1.165, 1.54) is 32.9 Å². The van der Waals surface area contributed by atoms with Gasteiger partial charge in [-0.05, 0) is 116 Å². The van der Waals surface area contributed by atoms with Gasteiger partial charge in [-0.15, -0.1) is 0 Å². The summed E-state index contributed by atoms with van der Waals surface area (Å²) >= 11 is 0. The third kappa shape index (κ3) is 5.41. The lowest BCUT2D eigenvalue weighted by atomic mass is 9.35. The summed E-state index contributed by atoms with van der Waals surface area (Å²) < 4.78 is 29.1. The van der Waals surface area contributed by atoms with Crippen molar-refractivity contribution in [2.45, 2.75) is 0 Å². The summed E-state index contributed by atoms with van der Waals surface area (Å²) in [6, 6.07) is 73.3. The Morgan fingerprint density at radius 1 is 0.294 bits per heavy atom. The van der Waals surface area contributed by atoms with Crippen molar-refractivity contribution in [2.75, 3.05) is 0 Å². The molecule has 316 valence electrons. The number of fused-ring (bicyclic) bond motifs is 11. The van der Waals surface area contributed by atoms with Crippen LogP contribution in [0.15, 0.2) is 206 Å². The molecule has 7 heteroatoms. The van der Waals surface area contributed by atoms with E-state index in [0.29, 0.717) is 0 Å². The van der Waals surface area contributed by atoms with Gasteiger partial charge in [-0.3, -0.25) is 0 Å². The molecule has 5 heterocycles. The van der Waals surface area contributed by atoms with Crippen molar-refractivity contribution in [1.82, 2.24) is 4.57 Å². The highest BCUT2D eigenvalue weighted by Crippen LogP contribution is 2.44. The molecule has 0 aliphatic carbocycles. The lowest BCUT2D eigenvalue weighted by Gasteiger charge is -2.33. The molecule has 11 aromatic rings. The summed E-state index contributed by atoms with van der Waals surface area (Å²) in [7, 11) is 2.20. The Labute approximate surface area is 393 Å². The van der Waals surface area contributed by atoms with Crippen LogP contribution in [0.3, 0.4) is 0 Å². The number of ether oxygens (including phenoxy) is 4. The fourth-order valence-corrected chi connectivity index (χ4v) is 11.7. The average Bonchev–Trinajstić information content (AvgIpc) is 3.69. The van der Waals surface area contributed by atoms with Crippen LogP contribution in [0.4, 0.5) is 0 Å². The van der Waals surface area contributed by atoms with E-state index in [2.05, 4.69) is 194 Å². The number of aromatic nitrogens is 1. The average molecular weight is 870 g/mol. The molecule has 0 fully saturated rings. The van der Waals surface area contributed by atoms with E-state index in [-0.39, 0.29) is 13.4 Å². The van der Waals surface area contributed by atoms with Gasteiger partial charge in [-0.1, -0.05) is 146 Å². The number of nitrogens with zero attached hydrogens (tertiary/aromatic N) is 1. The molecule has 0 N–H and O–H groups in total. The van der Waals surface area contributed by atoms with Crippen molar-refractivity contribution >= 4 is 68.0 Å². The van der Waals surface area contributed by atoms with Crippen LogP contribution in [-0.4, -0.2) is 18.0 Å². The van der Waals surface area contributed by atoms with E-state index < -0.39 is 0 Å². The van der Waals surface area contributed by atoms with Crippen molar-refractivity contribution in [2.24, 2.45) is 7.05 Å². The predicted molar refractivity (Wildman–Crippen MR) is 278 cm³/mol. The summed E-state index contributed by atoms with van der Waals surface area (Å²) in [4.78, 5) is 0. The van der Waals surface area contributed by atoms with Crippen LogP contribution in [-0.2, 0) is 7.05 Å². The third-order valence-corrected chi connectivity index (χ3v) is 14.6. The highest BCUT2D eigenvalue weighted by Gasteiger charge is 2.41. The zero-order chi connectivity index (χ0) is 44.6. The standard InChI is InChI=1S/C61H37B2NO4/c1-64-60-42(38-16-10-14-36(30-38)40-32-54-58-55(33-40)66-51-27-7-3-23-47(51)62(58)46-22-2-6-26-50(46)65-54)18-12-20-44(60)45-21-13-19-43(61(45)64)39-17-11-15-37(31-39)41-34-56-59-57(35-41)68-53-29-9-5-25-49(53)63(59)48-24-4-8-28-52(48)67-56/h2-35H,1H3. The molecule has 10 aromatic carbocycles. The number of rotatable bonds is 4. The van der Waals surface area contributed by atoms with Crippen molar-refractivity contribution in [3.05, 3.63) is 206 Å². The minimum Gasteiger partial charge on any atom is -0.458 e. The molecule has 4 aliphatic rings. The molecule has 0 saturated heterocycles. The van der Waals surface area contributed by atoms with Gasteiger partial charge in [-0.25, -0.2) is 0 Å². The molecule has 0 radical (unpaired) electrons. The molecule has 0 spiro atoms. The SMILES string of the molecule is Cn1c2c(-c3cccc(-c4cc5c6c(c4)Oc4ccccc4B6c4ccccc4O5)c3)cccc2c2cccc(-c3cccc(-c4cc5c6c(c4)Oc4ccccc4B6c4ccccc4O5)c3)c21. The lowest BCUT2D eigenvalue weighted by molar-refractivity contribution is 0.464. The lowest BCUT2D eigenvalue weighted by Crippen LogP contribution is -2.57. The topological polar surface area (TPSA) is 41.9 Å². The normalized spacial score (nSPS) is 13.2. The van der Waals surface area contributed by atoms with E-state index in [9.17, 15) is 0 Å². The van der Waals surface area contributed by atoms with Crippen LogP contribution >= 0.6 is 0 Å². The maximum Gasteiger partial charge on any atom is 0.260 e. The number of hydrogen-bond acceptors (Lipinski definition) is 4. The first-order valence-electron chi connectivity index (χ1n) is 23.3. The monoisotopic (exact) mass is 869 g/mol. The number of hydrogen-bond donors (Lipinski definition) is 0. The van der Waals surface area contributed by atoms with Gasteiger partial charge in [0.1, 0.15) is 46.0 Å². The highest BCUT2D eigenvalue weighted by atomic mass is 16.5. The summed E-state index contributed by atoms with van der Waals surface area (Å²) in [5.41, 5.74) is 18.0. The largest absolute Gasteiger partial charge is 0.458 e. The molecule has 0 saturated carbocycles. The summed E-state index contributed by atoms with van der Waals surface area (Å²) in [6.07, 6.45) is 0. The van der Waals surface area contributed by atoms with Crippen molar-refractivity contribution in [1.29, 1.82) is 0 Å². The highest BCUT2D eigenvalue weighted by molar-refractivity contribution is 6.99. The van der Waals surface area contributed by atoms with Crippen LogP contribution in [0, 0.1) is 0 Å². The van der Waals surface area contributed by atoms with Crippen LogP contribution in [0.5, 0.6) is 46.0 Å². The van der Waals surface area contributed by atoms with E-state index in [0.717, 1.165) is 112 Å². The number of para-hydroxylation sites is 6. The van der Waals surface area contributed by atoms with Crippen molar-refractivity contribution < 1.29 is 18.9 Å². The number of benzene rings is 10. The molecule has 5 nitrogen and oxygen atoms in total. The van der Waals surface area contributed by atoms with E-state index >= 15 is 0 Å². The summed E-state index contributed by atoms with van der Waals surface area (Å²) in [6.45, 7) is 0.0782. The first-order valence-corrected chi connectivity index (χ1v) is 23.3. The maximum absolute atomic E-state index is 6.67. The Kier molecular flexibility index (Phi) is 7.82. The van der Waals surface area contributed by atoms with Crippen molar-refractivity contribution in [3.8, 4) is 90.5 Å². The second-order valence-corrected chi connectivity index (χ2v) is 18.3. The van der Waals surface area contributed by atoms with E-state index in [1.807, 2.05) is 24.3 Å². The van der Waals surface area contributed by atoms with Gasteiger partial charge in [-0.2, -0.15) is 0 Å². The molecule has 0 amide bonds. The van der Waals surface area contributed by atoms with Crippen LogP contribution < -0.4 is 51.7 Å². The van der Waals surface area contributed by atoms with E-state index in [4.69, 9.17) is 18.9 Å². The van der Waals surface area contributed by atoms with Gasteiger partial charge >= 0.3 is 0 Å². The Morgan fingerprint density at radius 2 is 0.618 bits per heavy atom. The number of aryl methyl sites for hydroxylation is 1. The van der Waals surface area contributed by atoms with Gasteiger partial charge in [0.05, 0.1) is 11.0 Å². The molecule has 0 bridgehead atoms.